The number of hydrogen-bond acceptors (Lipinski definition) is 3. The normalized spacial score (nSPS) is 14.5. The SMILES string of the molecule is CN(C(c1ccc(C(F)(F)F)cc1)C(F)(F)F)S(=O)(=O)c1ccn2ccnc2c1. The first kappa shape index (κ1) is 21.1. The highest BCUT2D eigenvalue weighted by molar-refractivity contribution is 7.89. The van der Waals surface area contributed by atoms with E-state index in [1.54, 1.807) is 0 Å². The molecule has 1 unspecified atom stereocenters. The fourth-order valence-corrected chi connectivity index (χ4v) is 4.15. The molecule has 12 heteroatoms. The Balaban J connectivity index is 2.04. The highest BCUT2D eigenvalue weighted by Crippen LogP contribution is 2.40. The molecule has 0 N–H and O–H groups in total. The molecule has 0 aliphatic carbocycles. The summed E-state index contributed by atoms with van der Waals surface area (Å²) in [5.41, 5.74) is -1.58. The molecule has 29 heavy (non-hydrogen) atoms. The fourth-order valence-electron chi connectivity index (χ4n) is 2.82. The molecule has 1 atom stereocenters. The van der Waals surface area contributed by atoms with Gasteiger partial charge in [-0.1, -0.05) is 12.1 Å². The van der Waals surface area contributed by atoms with E-state index in [0.717, 1.165) is 19.2 Å². The quantitative estimate of drug-likeness (QED) is 0.573. The fraction of sp³-hybridized carbons (Fsp3) is 0.235. The summed E-state index contributed by atoms with van der Waals surface area (Å²) in [6.45, 7) is 0. The van der Waals surface area contributed by atoms with Gasteiger partial charge in [-0.2, -0.15) is 30.6 Å². The molecule has 0 bridgehead atoms. The summed E-state index contributed by atoms with van der Waals surface area (Å²) in [6.07, 6.45) is -5.57. The van der Waals surface area contributed by atoms with Crippen LogP contribution < -0.4 is 0 Å². The lowest BCUT2D eigenvalue weighted by molar-refractivity contribution is -0.171. The second-order valence-electron chi connectivity index (χ2n) is 6.14. The van der Waals surface area contributed by atoms with Crippen LogP contribution in [0.1, 0.15) is 17.2 Å². The van der Waals surface area contributed by atoms with Crippen LogP contribution in [0.5, 0.6) is 0 Å². The maximum atomic E-state index is 13.7. The summed E-state index contributed by atoms with van der Waals surface area (Å²) in [5.74, 6) is 0. The molecular formula is C17H13F6N3O2S. The Morgan fingerprint density at radius 3 is 2.17 bits per heavy atom. The zero-order valence-electron chi connectivity index (χ0n) is 14.6. The zero-order valence-corrected chi connectivity index (χ0v) is 15.4. The maximum Gasteiger partial charge on any atom is 0.416 e. The predicted octanol–water partition coefficient (Wildman–Crippen LogP) is 4.28. The molecule has 5 nitrogen and oxygen atoms in total. The van der Waals surface area contributed by atoms with Gasteiger partial charge in [-0.3, -0.25) is 0 Å². The molecule has 0 radical (unpaired) electrons. The van der Waals surface area contributed by atoms with Crippen LogP contribution >= 0.6 is 0 Å². The largest absolute Gasteiger partial charge is 0.416 e. The average molecular weight is 437 g/mol. The van der Waals surface area contributed by atoms with Crippen LogP contribution in [0.25, 0.3) is 5.65 Å². The molecule has 0 aliphatic rings. The van der Waals surface area contributed by atoms with Crippen LogP contribution in [-0.4, -0.2) is 35.3 Å². The molecule has 1 aromatic carbocycles. The lowest BCUT2D eigenvalue weighted by Gasteiger charge is -2.29. The predicted molar refractivity (Wildman–Crippen MR) is 90.4 cm³/mol. The monoisotopic (exact) mass is 437 g/mol. The van der Waals surface area contributed by atoms with E-state index in [4.69, 9.17) is 0 Å². The molecule has 2 heterocycles. The third kappa shape index (κ3) is 4.08. The number of halogens is 6. The van der Waals surface area contributed by atoms with Crippen LogP contribution in [0.15, 0.2) is 59.9 Å². The Hall–Kier alpha value is -2.60. The van der Waals surface area contributed by atoms with Gasteiger partial charge < -0.3 is 4.40 Å². The lowest BCUT2D eigenvalue weighted by atomic mass is 10.0. The minimum atomic E-state index is -5.07. The van der Waals surface area contributed by atoms with Gasteiger partial charge in [0.2, 0.25) is 10.0 Å². The molecule has 156 valence electrons. The van der Waals surface area contributed by atoms with Gasteiger partial charge in [0.1, 0.15) is 11.7 Å². The molecule has 0 fully saturated rings. The van der Waals surface area contributed by atoms with Gasteiger partial charge >= 0.3 is 12.4 Å². The van der Waals surface area contributed by atoms with Gasteiger partial charge in [0.05, 0.1) is 10.5 Å². The number of nitrogens with zero attached hydrogens (tertiary/aromatic N) is 3. The Morgan fingerprint density at radius 2 is 1.62 bits per heavy atom. The highest BCUT2D eigenvalue weighted by atomic mass is 32.2. The number of alkyl halides is 6. The third-order valence-electron chi connectivity index (χ3n) is 4.27. The van der Waals surface area contributed by atoms with Crippen LogP contribution in [0.4, 0.5) is 26.3 Å². The number of aromatic nitrogens is 2. The van der Waals surface area contributed by atoms with Crippen molar-refractivity contribution in [3.63, 3.8) is 0 Å². The summed E-state index contributed by atoms with van der Waals surface area (Å²) in [5, 5.41) is 0. The number of sulfonamides is 1. The third-order valence-corrected chi connectivity index (χ3v) is 6.09. The van der Waals surface area contributed by atoms with E-state index in [1.165, 1.54) is 23.0 Å². The van der Waals surface area contributed by atoms with E-state index in [0.29, 0.717) is 24.3 Å². The van der Waals surface area contributed by atoms with Crippen molar-refractivity contribution in [1.29, 1.82) is 0 Å². The Bertz CT molecular complexity index is 1120. The number of rotatable bonds is 4. The van der Waals surface area contributed by atoms with Crippen molar-refractivity contribution >= 4 is 15.7 Å². The summed E-state index contributed by atoms with van der Waals surface area (Å²) < 4.78 is 106. The first-order valence-electron chi connectivity index (χ1n) is 7.96. The van der Waals surface area contributed by atoms with E-state index in [1.807, 2.05) is 0 Å². The number of fused-ring (bicyclic) bond motifs is 1. The van der Waals surface area contributed by atoms with Crippen LogP contribution in [-0.2, 0) is 16.2 Å². The minimum absolute atomic E-state index is 0.0877. The molecule has 3 rings (SSSR count). The van der Waals surface area contributed by atoms with Crippen LogP contribution in [0.3, 0.4) is 0 Å². The van der Waals surface area contributed by atoms with Crippen molar-refractivity contribution in [1.82, 2.24) is 13.7 Å². The number of benzene rings is 1. The first-order valence-corrected chi connectivity index (χ1v) is 9.40. The molecule has 0 amide bonds. The minimum Gasteiger partial charge on any atom is -0.307 e. The Labute approximate surface area is 161 Å². The van der Waals surface area contributed by atoms with Gasteiger partial charge in [-0.25, -0.2) is 13.4 Å². The Morgan fingerprint density at radius 1 is 1.00 bits per heavy atom. The van der Waals surface area contributed by atoms with Gasteiger partial charge in [0.25, 0.3) is 0 Å². The summed E-state index contributed by atoms with van der Waals surface area (Å²) in [4.78, 5) is 3.46. The van der Waals surface area contributed by atoms with Gasteiger partial charge in [0.15, 0.2) is 0 Å². The van der Waals surface area contributed by atoms with Crippen molar-refractivity contribution in [3.8, 4) is 0 Å². The van der Waals surface area contributed by atoms with Crippen molar-refractivity contribution in [2.75, 3.05) is 7.05 Å². The summed E-state index contributed by atoms with van der Waals surface area (Å²) in [7, 11) is -3.92. The molecule has 2 aromatic heterocycles. The molecule has 0 spiro atoms. The lowest BCUT2D eigenvalue weighted by Crippen LogP contribution is -2.39. The van der Waals surface area contributed by atoms with Crippen LogP contribution in [0.2, 0.25) is 0 Å². The smallest absolute Gasteiger partial charge is 0.307 e. The van der Waals surface area contributed by atoms with Crippen molar-refractivity contribution < 1.29 is 34.8 Å². The van der Waals surface area contributed by atoms with Gasteiger partial charge in [-0.05, 0) is 23.8 Å². The summed E-state index contributed by atoms with van der Waals surface area (Å²) in [6, 6.07) is 1.73. The number of pyridine rings is 1. The molecule has 0 saturated heterocycles. The van der Waals surface area contributed by atoms with Gasteiger partial charge in [0, 0.05) is 31.7 Å². The Kier molecular flexibility index (Phi) is 5.11. The van der Waals surface area contributed by atoms with E-state index < -0.39 is 44.4 Å². The van der Waals surface area contributed by atoms with Crippen molar-refractivity contribution in [2.24, 2.45) is 0 Å². The van der Waals surface area contributed by atoms with Crippen LogP contribution in [0, 0.1) is 0 Å². The van der Waals surface area contributed by atoms with E-state index >= 15 is 0 Å². The average Bonchev–Trinajstić information content (AvgIpc) is 3.08. The second-order valence-corrected chi connectivity index (χ2v) is 8.14. The van der Waals surface area contributed by atoms with Gasteiger partial charge in [-0.15, -0.1) is 0 Å². The highest BCUT2D eigenvalue weighted by Gasteiger charge is 2.48. The second kappa shape index (κ2) is 7.02. The van der Waals surface area contributed by atoms with E-state index in [2.05, 4.69) is 4.98 Å². The number of hydrogen-bond donors (Lipinski definition) is 0. The summed E-state index contributed by atoms with van der Waals surface area (Å²) >= 11 is 0. The number of imidazole rings is 1. The molecule has 3 aromatic rings. The molecule has 0 aliphatic heterocycles. The standard InChI is InChI=1S/C17H13F6N3O2S/c1-25(29(27,28)13-6-8-26-9-7-24-14(26)10-13)15(17(21,22)23)11-2-4-12(5-3-11)16(18,19)20/h2-10,15H,1H3. The topological polar surface area (TPSA) is 54.7 Å². The zero-order chi connectivity index (χ0) is 21.6. The van der Waals surface area contributed by atoms with E-state index in [-0.39, 0.29) is 9.95 Å². The van der Waals surface area contributed by atoms with E-state index in [9.17, 15) is 34.8 Å². The van der Waals surface area contributed by atoms with Crippen molar-refractivity contribution in [2.45, 2.75) is 23.3 Å². The molecule has 0 saturated carbocycles. The first-order chi connectivity index (χ1) is 13.3. The maximum absolute atomic E-state index is 13.7. The molecular weight excluding hydrogens is 424 g/mol. The van der Waals surface area contributed by atoms with Crippen molar-refractivity contribution in [3.05, 3.63) is 66.1 Å².